The second-order valence-electron chi connectivity index (χ2n) is 0. The molecule has 0 rings (SSSR count). The van der Waals surface area contributed by atoms with Gasteiger partial charge < -0.3 is 21.9 Å². The predicted molar refractivity (Wildman–Crippen MR) is 2.75 cm³/mol. The molecule has 7 heteroatoms. The van der Waals surface area contributed by atoms with Crippen LogP contribution in [-0.2, 0) is 71.4 Å². The van der Waals surface area contributed by atoms with Gasteiger partial charge in [0.15, 0.2) is 0 Å². The van der Waals surface area contributed by atoms with Crippen LogP contribution >= 0.6 is 0 Å². The standard InChI is InChI=1S/3Ni.4O/q3*+2;4*-2. The van der Waals surface area contributed by atoms with Crippen LogP contribution < -0.4 is 0 Å². The molecule has 0 aliphatic carbocycles. The summed E-state index contributed by atoms with van der Waals surface area (Å²) in [5, 5.41) is 0. The Kier molecular flexibility index (Phi) is 6130. The van der Waals surface area contributed by atoms with Crippen molar-refractivity contribution in [1.82, 2.24) is 0 Å². The van der Waals surface area contributed by atoms with Gasteiger partial charge in [-0.2, -0.15) is 0 Å². The van der Waals surface area contributed by atoms with Crippen molar-refractivity contribution in [3.05, 3.63) is 0 Å². The van der Waals surface area contributed by atoms with Gasteiger partial charge in [-0.15, -0.1) is 0 Å². The molecule has 7 heavy (non-hydrogen) atoms. The molecule has 0 aliphatic heterocycles. The average Bonchev–Trinajstić information content (AvgIpc) is 0. The van der Waals surface area contributed by atoms with Gasteiger partial charge in [-0.05, 0) is 0 Å². The van der Waals surface area contributed by atoms with E-state index in [-0.39, 0.29) is 71.4 Å². The maximum absolute atomic E-state index is 0. The Bertz CT molecular complexity index is 6.90. The zero-order valence-corrected chi connectivity index (χ0v) is 5.54. The van der Waals surface area contributed by atoms with Crippen LogP contribution in [0.3, 0.4) is 0 Å². The minimum absolute atomic E-state index is 0. The van der Waals surface area contributed by atoms with E-state index in [4.69, 9.17) is 0 Å². The summed E-state index contributed by atoms with van der Waals surface area (Å²) in [6.45, 7) is 0. The Balaban J connectivity index is 0. The molecule has 0 atom stereocenters. The molecule has 0 aliphatic rings. The fourth-order valence-electron chi connectivity index (χ4n) is 0. The van der Waals surface area contributed by atoms with Crippen molar-refractivity contribution < 1.29 is 71.4 Å². The van der Waals surface area contributed by atoms with Crippen LogP contribution in [0.4, 0.5) is 0 Å². The van der Waals surface area contributed by atoms with Crippen molar-refractivity contribution in [2.24, 2.45) is 0 Å². The van der Waals surface area contributed by atoms with Gasteiger partial charge in [0, 0.05) is 0 Å². The van der Waals surface area contributed by atoms with E-state index in [9.17, 15) is 0 Å². The molecule has 0 saturated heterocycles. The van der Waals surface area contributed by atoms with Crippen molar-refractivity contribution in [3.8, 4) is 0 Å². The Labute approximate surface area is 71.4 Å². The van der Waals surface area contributed by atoms with E-state index in [0.717, 1.165) is 0 Å². The fraction of sp³-hybridized carbons (Fsp3) is 0. The van der Waals surface area contributed by atoms with E-state index in [2.05, 4.69) is 0 Å². The molecule has 0 spiro atoms. The summed E-state index contributed by atoms with van der Waals surface area (Å²) in [4.78, 5) is 0. The molecule has 4 nitrogen and oxygen atoms in total. The second kappa shape index (κ2) is 168. The SMILES string of the molecule is [Ni+2].[Ni+2].[Ni+2].[O-2].[O-2].[O-2].[O-2]. The van der Waals surface area contributed by atoms with E-state index in [1.807, 2.05) is 0 Å². The van der Waals surface area contributed by atoms with Crippen LogP contribution in [-0.4, -0.2) is 0 Å². The monoisotopic (exact) mass is 238 g/mol. The normalized spacial score (nSPS) is 0. The van der Waals surface area contributed by atoms with Crippen molar-refractivity contribution in [3.63, 3.8) is 0 Å². The van der Waals surface area contributed by atoms with E-state index in [0.29, 0.717) is 0 Å². The van der Waals surface area contributed by atoms with Gasteiger partial charge in [0.2, 0.25) is 0 Å². The Morgan fingerprint density at radius 2 is 0.286 bits per heavy atom. The second-order valence-corrected chi connectivity index (χ2v) is 0. The van der Waals surface area contributed by atoms with Crippen LogP contribution in [0.1, 0.15) is 0 Å². The van der Waals surface area contributed by atoms with Crippen LogP contribution in [0.15, 0.2) is 0 Å². The zero-order chi connectivity index (χ0) is 0. The quantitative estimate of drug-likeness (QED) is 0.509. The first kappa shape index (κ1) is 256. The first-order valence-electron chi connectivity index (χ1n) is 0. The summed E-state index contributed by atoms with van der Waals surface area (Å²) in [6, 6.07) is 0. The van der Waals surface area contributed by atoms with Crippen molar-refractivity contribution >= 4 is 0 Å². The third kappa shape index (κ3) is 119. The van der Waals surface area contributed by atoms with Crippen LogP contribution in [0, 0.1) is 0 Å². The Hall–Kier alpha value is 1.32. The Morgan fingerprint density at radius 1 is 0.286 bits per heavy atom. The molecule has 0 bridgehead atoms. The number of hydrogen-bond acceptors (Lipinski definition) is 0. The van der Waals surface area contributed by atoms with Crippen LogP contribution in [0.25, 0.3) is 0 Å². The molecule has 0 aromatic heterocycles. The summed E-state index contributed by atoms with van der Waals surface area (Å²) in [5.41, 5.74) is 0. The molecule has 0 amide bonds. The maximum atomic E-state index is 0. The Morgan fingerprint density at radius 3 is 0.286 bits per heavy atom. The fourth-order valence-corrected chi connectivity index (χ4v) is 0. The smallest absolute Gasteiger partial charge is 2.00 e. The van der Waals surface area contributed by atoms with Gasteiger partial charge in [-0.1, -0.05) is 0 Å². The van der Waals surface area contributed by atoms with E-state index in [1.165, 1.54) is 0 Å². The van der Waals surface area contributed by atoms with E-state index >= 15 is 0 Å². The largest absolute Gasteiger partial charge is 2.00 e. The zero-order valence-electron chi connectivity index (χ0n) is 2.58. The summed E-state index contributed by atoms with van der Waals surface area (Å²) in [6.07, 6.45) is 0. The molecule has 0 N–H and O–H groups in total. The topological polar surface area (TPSA) is 114 Å². The van der Waals surface area contributed by atoms with E-state index in [1.54, 1.807) is 0 Å². The first-order chi connectivity index (χ1) is 0. The third-order valence-corrected chi connectivity index (χ3v) is 0. The third-order valence-electron chi connectivity index (χ3n) is 0. The maximum Gasteiger partial charge on any atom is 2.00 e. The molecule has 56 valence electrons. The molecular weight excluding hydrogens is 240 g/mol. The minimum Gasteiger partial charge on any atom is -2.00 e. The number of rotatable bonds is 0. The summed E-state index contributed by atoms with van der Waals surface area (Å²) < 4.78 is 0. The first-order valence-corrected chi connectivity index (χ1v) is 0. The van der Waals surface area contributed by atoms with Gasteiger partial charge in [-0.25, -0.2) is 0 Å². The molecule has 0 heterocycles. The molecule has 0 fully saturated rings. The molecule has 0 radical (unpaired) electrons. The van der Waals surface area contributed by atoms with Crippen molar-refractivity contribution in [2.45, 2.75) is 0 Å². The van der Waals surface area contributed by atoms with Crippen molar-refractivity contribution in [2.75, 3.05) is 0 Å². The van der Waals surface area contributed by atoms with Gasteiger partial charge in [0.05, 0.1) is 0 Å². The number of hydrogen-bond donors (Lipinski definition) is 0. The molecule has 0 aromatic rings. The molecule has 0 unspecified atom stereocenters. The van der Waals surface area contributed by atoms with Crippen molar-refractivity contribution in [1.29, 1.82) is 0 Å². The van der Waals surface area contributed by atoms with E-state index < -0.39 is 0 Å². The predicted octanol–water partition coefficient (Wildman–Crippen LogP) is -0.483. The van der Waals surface area contributed by atoms with Crippen LogP contribution in [0.2, 0.25) is 0 Å². The van der Waals surface area contributed by atoms with Crippen LogP contribution in [0.5, 0.6) is 0 Å². The summed E-state index contributed by atoms with van der Waals surface area (Å²) >= 11 is 0. The summed E-state index contributed by atoms with van der Waals surface area (Å²) in [7, 11) is 0. The molecule has 0 aromatic carbocycles. The van der Waals surface area contributed by atoms with Gasteiger partial charge >= 0.3 is 49.5 Å². The molecule has 0 saturated carbocycles. The molecular formula is Ni3O4-2. The van der Waals surface area contributed by atoms with Gasteiger partial charge in [0.1, 0.15) is 0 Å². The minimum atomic E-state index is 0. The summed E-state index contributed by atoms with van der Waals surface area (Å²) in [5.74, 6) is 0. The van der Waals surface area contributed by atoms with Gasteiger partial charge in [-0.3, -0.25) is 0 Å². The van der Waals surface area contributed by atoms with Gasteiger partial charge in [0.25, 0.3) is 0 Å². The average molecular weight is 240 g/mol.